The highest BCUT2D eigenvalue weighted by molar-refractivity contribution is 5.77. The molecule has 0 unspecified atom stereocenters. The molecule has 5 nitrogen and oxygen atoms in total. The van der Waals surface area contributed by atoms with E-state index in [4.69, 9.17) is 14.2 Å². The number of ether oxygens (including phenoxy) is 3. The molecule has 0 heterocycles. The molecule has 0 aliphatic rings. The molecule has 30 heavy (non-hydrogen) atoms. The van der Waals surface area contributed by atoms with Gasteiger partial charge in [-0.25, -0.2) is 0 Å². The molecule has 0 aliphatic carbocycles. The van der Waals surface area contributed by atoms with Crippen LogP contribution in [0, 0.1) is 11.8 Å². The van der Waals surface area contributed by atoms with E-state index in [-0.39, 0.29) is 23.4 Å². The Morgan fingerprint density at radius 3 is 1.87 bits per heavy atom. The van der Waals surface area contributed by atoms with Crippen molar-refractivity contribution in [3.05, 3.63) is 18.2 Å². The Labute approximate surface area is 182 Å². The zero-order valence-electron chi connectivity index (χ0n) is 19.5. The quantitative estimate of drug-likeness (QED) is 0.179. The van der Waals surface area contributed by atoms with Crippen LogP contribution in [-0.4, -0.2) is 18.5 Å². The summed E-state index contributed by atoms with van der Waals surface area (Å²) in [5.74, 6) is 1.47. The van der Waals surface area contributed by atoms with E-state index < -0.39 is 0 Å². The van der Waals surface area contributed by atoms with Crippen LogP contribution in [0.1, 0.15) is 92.4 Å². The van der Waals surface area contributed by atoms with Gasteiger partial charge in [0.25, 0.3) is 0 Å². The number of unbranched alkanes of at least 4 members (excludes halogenated alkanes) is 2. The van der Waals surface area contributed by atoms with E-state index in [0.29, 0.717) is 37.0 Å². The lowest BCUT2D eigenvalue weighted by atomic mass is 10.1. The fourth-order valence-electron chi connectivity index (χ4n) is 2.98. The predicted octanol–water partition coefficient (Wildman–Crippen LogP) is 6.72. The number of hydrogen-bond donors (Lipinski definition) is 0. The monoisotopic (exact) mass is 420 g/mol. The number of esters is 2. The van der Waals surface area contributed by atoms with Gasteiger partial charge in [-0.05, 0) is 43.2 Å². The van der Waals surface area contributed by atoms with Gasteiger partial charge in [0.2, 0.25) is 5.75 Å². The van der Waals surface area contributed by atoms with Gasteiger partial charge in [0.15, 0.2) is 11.5 Å². The van der Waals surface area contributed by atoms with Crippen LogP contribution >= 0.6 is 0 Å². The van der Waals surface area contributed by atoms with Crippen LogP contribution in [0.4, 0.5) is 0 Å². The molecule has 1 rings (SSSR count). The van der Waals surface area contributed by atoms with E-state index in [9.17, 15) is 9.59 Å². The van der Waals surface area contributed by atoms with Crippen molar-refractivity contribution >= 4 is 11.9 Å². The summed E-state index contributed by atoms with van der Waals surface area (Å²) in [6.07, 6.45) is 7.21. The summed E-state index contributed by atoms with van der Waals surface area (Å²) < 4.78 is 16.9. The third-order valence-electron chi connectivity index (χ3n) is 4.67. The van der Waals surface area contributed by atoms with Gasteiger partial charge < -0.3 is 14.2 Å². The maximum absolute atomic E-state index is 12.4. The zero-order valence-corrected chi connectivity index (χ0v) is 19.5. The lowest BCUT2D eigenvalue weighted by Gasteiger charge is -2.15. The summed E-state index contributed by atoms with van der Waals surface area (Å²) >= 11 is 0. The second-order valence-corrected chi connectivity index (χ2v) is 8.66. The molecule has 0 spiro atoms. The van der Waals surface area contributed by atoms with Crippen LogP contribution in [0.5, 0.6) is 17.2 Å². The largest absolute Gasteiger partial charge is 0.490 e. The smallest absolute Gasteiger partial charge is 0.311 e. The van der Waals surface area contributed by atoms with Gasteiger partial charge in [0, 0.05) is 12.8 Å². The Bertz CT molecular complexity index is 636. The molecule has 0 saturated heterocycles. The molecule has 0 bridgehead atoms. The minimum Gasteiger partial charge on any atom is -0.490 e. The molecule has 0 saturated carbocycles. The molecule has 5 heteroatoms. The average Bonchev–Trinajstić information content (AvgIpc) is 2.68. The maximum Gasteiger partial charge on any atom is 0.311 e. The first-order valence-electron chi connectivity index (χ1n) is 11.5. The average molecular weight is 421 g/mol. The fraction of sp³-hybridized carbons (Fsp3) is 0.680. The van der Waals surface area contributed by atoms with Gasteiger partial charge in [-0.2, -0.15) is 0 Å². The van der Waals surface area contributed by atoms with Gasteiger partial charge in [-0.3, -0.25) is 9.59 Å². The topological polar surface area (TPSA) is 61.8 Å². The number of carbonyl (C=O) groups is 2. The predicted molar refractivity (Wildman–Crippen MR) is 120 cm³/mol. The van der Waals surface area contributed by atoms with Crippen molar-refractivity contribution < 1.29 is 23.8 Å². The molecule has 0 amide bonds. The van der Waals surface area contributed by atoms with Crippen molar-refractivity contribution in [1.82, 2.24) is 0 Å². The summed E-state index contributed by atoms with van der Waals surface area (Å²) in [5.41, 5.74) is 0. The van der Waals surface area contributed by atoms with Crippen molar-refractivity contribution in [3.8, 4) is 17.2 Å². The van der Waals surface area contributed by atoms with Crippen LogP contribution in [-0.2, 0) is 9.59 Å². The molecule has 1 aromatic carbocycles. The molecule has 0 aromatic heterocycles. The van der Waals surface area contributed by atoms with E-state index in [1.807, 2.05) is 6.92 Å². The van der Waals surface area contributed by atoms with E-state index in [1.165, 1.54) is 0 Å². The van der Waals surface area contributed by atoms with Crippen molar-refractivity contribution in [1.29, 1.82) is 0 Å². The minimum absolute atomic E-state index is 0.204. The van der Waals surface area contributed by atoms with E-state index in [1.54, 1.807) is 18.2 Å². The highest BCUT2D eigenvalue weighted by Crippen LogP contribution is 2.38. The second kappa shape index (κ2) is 14.9. The molecule has 0 fully saturated rings. The maximum atomic E-state index is 12.4. The fourth-order valence-corrected chi connectivity index (χ4v) is 2.98. The summed E-state index contributed by atoms with van der Waals surface area (Å²) in [5, 5.41) is 0. The zero-order chi connectivity index (χ0) is 22.4. The Balaban J connectivity index is 2.75. The van der Waals surface area contributed by atoms with Crippen LogP contribution in [0.3, 0.4) is 0 Å². The lowest BCUT2D eigenvalue weighted by Crippen LogP contribution is -2.13. The van der Waals surface area contributed by atoms with Gasteiger partial charge in [-0.15, -0.1) is 0 Å². The van der Waals surface area contributed by atoms with Crippen molar-refractivity contribution in [3.63, 3.8) is 0 Å². The SMILES string of the molecule is CCCOc1cccc(OC(=O)CCCCC(C)C)c1OC(=O)CCCCC(C)C. The molecule has 0 radical (unpaired) electrons. The van der Waals surface area contributed by atoms with Gasteiger partial charge in [0.1, 0.15) is 0 Å². The minimum atomic E-state index is -0.333. The van der Waals surface area contributed by atoms with Gasteiger partial charge >= 0.3 is 11.9 Å². The second-order valence-electron chi connectivity index (χ2n) is 8.66. The third-order valence-corrected chi connectivity index (χ3v) is 4.67. The number of para-hydroxylation sites is 1. The first kappa shape index (κ1) is 26.0. The van der Waals surface area contributed by atoms with E-state index in [0.717, 1.165) is 44.9 Å². The van der Waals surface area contributed by atoms with Gasteiger partial charge in [0.05, 0.1) is 6.61 Å². The van der Waals surface area contributed by atoms with Crippen LogP contribution < -0.4 is 14.2 Å². The molecule has 1 aromatic rings. The van der Waals surface area contributed by atoms with E-state index >= 15 is 0 Å². The first-order chi connectivity index (χ1) is 14.3. The molecule has 0 atom stereocenters. The molecular formula is C25H40O5. The number of hydrogen-bond acceptors (Lipinski definition) is 5. The summed E-state index contributed by atoms with van der Waals surface area (Å²) in [7, 11) is 0. The molecule has 0 aliphatic heterocycles. The number of rotatable bonds is 15. The highest BCUT2D eigenvalue weighted by atomic mass is 16.6. The Morgan fingerprint density at radius 1 is 0.800 bits per heavy atom. The van der Waals surface area contributed by atoms with Crippen LogP contribution in [0.2, 0.25) is 0 Å². The molecule has 0 N–H and O–H groups in total. The summed E-state index contributed by atoms with van der Waals surface area (Å²) in [4.78, 5) is 24.7. The van der Waals surface area contributed by atoms with Crippen molar-refractivity contribution in [2.45, 2.75) is 92.4 Å². The summed E-state index contributed by atoms with van der Waals surface area (Å²) in [6, 6.07) is 5.12. The van der Waals surface area contributed by atoms with E-state index in [2.05, 4.69) is 27.7 Å². The molecule has 170 valence electrons. The number of benzene rings is 1. The third kappa shape index (κ3) is 11.2. The van der Waals surface area contributed by atoms with Crippen molar-refractivity contribution in [2.75, 3.05) is 6.61 Å². The van der Waals surface area contributed by atoms with Crippen LogP contribution in [0.15, 0.2) is 18.2 Å². The Kier molecular flexibility index (Phi) is 12.9. The van der Waals surface area contributed by atoms with Crippen LogP contribution in [0.25, 0.3) is 0 Å². The Morgan fingerprint density at radius 2 is 1.33 bits per heavy atom. The van der Waals surface area contributed by atoms with Gasteiger partial charge in [-0.1, -0.05) is 66.4 Å². The first-order valence-corrected chi connectivity index (χ1v) is 11.5. The standard InChI is InChI=1S/C25H40O5/c1-6-18-28-21-14-11-15-22(29-23(26)16-9-7-12-19(2)3)25(21)30-24(27)17-10-8-13-20(4)5/h11,14-15,19-20H,6-10,12-13,16-18H2,1-5H3. The highest BCUT2D eigenvalue weighted by Gasteiger charge is 2.19. The van der Waals surface area contributed by atoms with Crippen molar-refractivity contribution in [2.24, 2.45) is 11.8 Å². The summed E-state index contributed by atoms with van der Waals surface area (Å²) in [6.45, 7) is 11.2. The molecular weight excluding hydrogens is 380 g/mol. The number of carbonyl (C=O) groups excluding carboxylic acids is 2. The normalized spacial score (nSPS) is 11.0. The lowest BCUT2D eigenvalue weighted by molar-refractivity contribution is -0.137. The Hall–Kier alpha value is -2.04.